The van der Waals surface area contributed by atoms with Gasteiger partial charge in [-0.15, -0.1) is 0 Å². The Labute approximate surface area is 89.5 Å². The molecule has 1 aliphatic carbocycles. The van der Waals surface area contributed by atoms with Crippen LogP contribution in [0.4, 0.5) is 5.82 Å². The minimum atomic E-state index is 0.106. The van der Waals surface area contributed by atoms with Gasteiger partial charge in [0.25, 0.3) is 0 Å². The van der Waals surface area contributed by atoms with E-state index in [9.17, 15) is 4.79 Å². The topological polar surface area (TPSA) is 57.8 Å². The SMILES string of the molecule is Cc1cn[nH]c1NC(=O)CC1CCCC1. The van der Waals surface area contributed by atoms with Crippen LogP contribution in [0.5, 0.6) is 0 Å². The van der Waals surface area contributed by atoms with E-state index in [0.717, 1.165) is 11.4 Å². The Morgan fingerprint density at radius 3 is 2.93 bits per heavy atom. The normalized spacial score (nSPS) is 16.9. The minimum Gasteiger partial charge on any atom is -0.311 e. The van der Waals surface area contributed by atoms with Gasteiger partial charge >= 0.3 is 0 Å². The summed E-state index contributed by atoms with van der Waals surface area (Å²) in [5.41, 5.74) is 0.981. The number of nitrogens with one attached hydrogen (secondary N) is 2. The van der Waals surface area contributed by atoms with Gasteiger partial charge < -0.3 is 5.32 Å². The molecular formula is C11H17N3O. The number of nitrogens with zero attached hydrogens (tertiary/aromatic N) is 1. The lowest BCUT2D eigenvalue weighted by molar-refractivity contribution is -0.117. The van der Waals surface area contributed by atoms with Crippen molar-refractivity contribution in [2.75, 3.05) is 5.32 Å². The average Bonchev–Trinajstić information content (AvgIpc) is 2.79. The molecule has 82 valence electrons. The lowest BCUT2D eigenvalue weighted by atomic mass is 10.0. The van der Waals surface area contributed by atoms with Gasteiger partial charge in [-0.05, 0) is 25.7 Å². The second-order valence-electron chi connectivity index (χ2n) is 4.33. The standard InChI is InChI=1S/C11H17N3O/c1-8-7-12-14-11(8)13-10(15)6-9-4-2-3-5-9/h7,9H,2-6H2,1H3,(H2,12,13,14,15). The van der Waals surface area contributed by atoms with E-state index in [-0.39, 0.29) is 5.91 Å². The molecule has 1 aliphatic rings. The van der Waals surface area contributed by atoms with E-state index in [1.165, 1.54) is 25.7 Å². The predicted octanol–water partition coefficient (Wildman–Crippen LogP) is 2.24. The summed E-state index contributed by atoms with van der Waals surface area (Å²) in [5, 5.41) is 9.51. The van der Waals surface area contributed by atoms with Crippen molar-refractivity contribution >= 4 is 11.7 Å². The number of H-pyrrole nitrogens is 1. The first kappa shape index (κ1) is 10.2. The molecule has 1 heterocycles. The number of anilines is 1. The highest BCUT2D eigenvalue weighted by molar-refractivity contribution is 5.90. The quantitative estimate of drug-likeness (QED) is 0.798. The van der Waals surface area contributed by atoms with Crippen molar-refractivity contribution in [1.29, 1.82) is 0 Å². The molecule has 2 N–H and O–H groups in total. The van der Waals surface area contributed by atoms with Gasteiger partial charge in [0.15, 0.2) is 0 Å². The average molecular weight is 207 g/mol. The van der Waals surface area contributed by atoms with Crippen LogP contribution in [0.25, 0.3) is 0 Å². The Morgan fingerprint density at radius 2 is 2.33 bits per heavy atom. The first-order chi connectivity index (χ1) is 7.25. The molecule has 15 heavy (non-hydrogen) atoms. The zero-order chi connectivity index (χ0) is 10.7. The van der Waals surface area contributed by atoms with Crippen LogP contribution in [0.1, 0.15) is 37.7 Å². The zero-order valence-electron chi connectivity index (χ0n) is 9.05. The fourth-order valence-corrected chi connectivity index (χ4v) is 2.14. The molecule has 0 radical (unpaired) electrons. The molecule has 0 spiro atoms. The van der Waals surface area contributed by atoms with Gasteiger partial charge in [0.1, 0.15) is 5.82 Å². The Hall–Kier alpha value is -1.32. The van der Waals surface area contributed by atoms with Crippen molar-refractivity contribution in [3.8, 4) is 0 Å². The van der Waals surface area contributed by atoms with E-state index in [4.69, 9.17) is 0 Å². The highest BCUT2D eigenvalue weighted by Gasteiger charge is 2.18. The van der Waals surface area contributed by atoms with Crippen molar-refractivity contribution in [3.05, 3.63) is 11.8 Å². The van der Waals surface area contributed by atoms with Crippen LogP contribution in [-0.4, -0.2) is 16.1 Å². The summed E-state index contributed by atoms with van der Waals surface area (Å²) in [6.07, 6.45) is 7.33. The number of hydrogen-bond donors (Lipinski definition) is 2. The first-order valence-electron chi connectivity index (χ1n) is 5.55. The third-order valence-electron chi connectivity index (χ3n) is 3.04. The summed E-state index contributed by atoms with van der Waals surface area (Å²) in [6.45, 7) is 1.93. The molecule has 1 fully saturated rings. The number of hydrogen-bond acceptors (Lipinski definition) is 2. The first-order valence-corrected chi connectivity index (χ1v) is 5.55. The van der Waals surface area contributed by atoms with Crippen LogP contribution in [0.15, 0.2) is 6.20 Å². The van der Waals surface area contributed by atoms with Crippen LogP contribution in [-0.2, 0) is 4.79 Å². The van der Waals surface area contributed by atoms with Gasteiger partial charge in [-0.3, -0.25) is 9.89 Å². The largest absolute Gasteiger partial charge is 0.311 e. The summed E-state index contributed by atoms with van der Waals surface area (Å²) < 4.78 is 0. The summed E-state index contributed by atoms with van der Waals surface area (Å²) in [4.78, 5) is 11.7. The molecular weight excluding hydrogens is 190 g/mol. The van der Waals surface area contributed by atoms with Gasteiger partial charge in [0, 0.05) is 12.0 Å². The fraction of sp³-hybridized carbons (Fsp3) is 0.636. The molecule has 1 aromatic rings. The number of aromatic amines is 1. The second-order valence-corrected chi connectivity index (χ2v) is 4.33. The highest BCUT2D eigenvalue weighted by atomic mass is 16.1. The van der Waals surface area contributed by atoms with E-state index in [1.807, 2.05) is 6.92 Å². The molecule has 1 amide bonds. The van der Waals surface area contributed by atoms with Crippen LogP contribution >= 0.6 is 0 Å². The second kappa shape index (κ2) is 4.47. The Kier molecular flexibility index (Phi) is 3.04. The van der Waals surface area contributed by atoms with Crippen molar-refractivity contribution in [2.45, 2.75) is 39.0 Å². The summed E-state index contributed by atoms with van der Waals surface area (Å²) >= 11 is 0. The van der Waals surface area contributed by atoms with Gasteiger partial charge in [-0.2, -0.15) is 5.10 Å². The minimum absolute atomic E-state index is 0.106. The molecule has 4 heteroatoms. The molecule has 4 nitrogen and oxygen atoms in total. The van der Waals surface area contributed by atoms with Crippen LogP contribution in [0.3, 0.4) is 0 Å². The number of aryl methyl sites for hydroxylation is 1. The molecule has 0 aromatic carbocycles. The van der Waals surface area contributed by atoms with Gasteiger partial charge in [-0.1, -0.05) is 12.8 Å². The molecule has 0 aliphatic heterocycles. The van der Waals surface area contributed by atoms with Crippen molar-refractivity contribution in [3.63, 3.8) is 0 Å². The molecule has 0 bridgehead atoms. The molecule has 0 saturated heterocycles. The third-order valence-corrected chi connectivity index (χ3v) is 3.04. The summed E-state index contributed by atoms with van der Waals surface area (Å²) in [6, 6.07) is 0. The smallest absolute Gasteiger partial charge is 0.225 e. The van der Waals surface area contributed by atoms with Crippen LogP contribution in [0, 0.1) is 12.8 Å². The van der Waals surface area contributed by atoms with Gasteiger partial charge in [-0.25, -0.2) is 0 Å². The van der Waals surface area contributed by atoms with Crippen molar-refractivity contribution in [1.82, 2.24) is 10.2 Å². The number of aromatic nitrogens is 2. The van der Waals surface area contributed by atoms with E-state index in [1.54, 1.807) is 6.20 Å². The maximum atomic E-state index is 11.7. The fourth-order valence-electron chi connectivity index (χ4n) is 2.14. The Balaban J connectivity index is 1.84. The molecule has 0 atom stereocenters. The highest BCUT2D eigenvalue weighted by Crippen LogP contribution is 2.27. The molecule has 1 aromatic heterocycles. The summed E-state index contributed by atoms with van der Waals surface area (Å²) in [5.74, 6) is 1.43. The molecule has 2 rings (SSSR count). The Morgan fingerprint density at radius 1 is 1.60 bits per heavy atom. The zero-order valence-corrected chi connectivity index (χ0v) is 9.05. The maximum Gasteiger partial charge on any atom is 0.225 e. The van der Waals surface area contributed by atoms with Crippen LogP contribution < -0.4 is 5.32 Å². The van der Waals surface area contributed by atoms with E-state index in [2.05, 4.69) is 15.5 Å². The third kappa shape index (κ3) is 2.58. The summed E-state index contributed by atoms with van der Waals surface area (Å²) in [7, 11) is 0. The number of amides is 1. The van der Waals surface area contributed by atoms with E-state index < -0.39 is 0 Å². The predicted molar refractivity (Wildman–Crippen MR) is 58.5 cm³/mol. The number of carbonyl (C=O) groups is 1. The molecule has 0 unspecified atom stereocenters. The van der Waals surface area contributed by atoms with E-state index in [0.29, 0.717) is 12.3 Å². The van der Waals surface area contributed by atoms with E-state index >= 15 is 0 Å². The van der Waals surface area contributed by atoms with Crippen molar-refractivity contribution in [2.24, 2.45) is 5.92 Å². The number of carbonyl (C=O) groups excluding carboxylic acids is 1. The number of rotatable bonds is 3. The van der Waals surface area contributed by atoms with Gasteiger partial charge in [0.2, 0.25) is 5.91 Å². The lowest BCUT2D eigenvalue weighted by Gasteiger charge is -2.08. The van der Waals surface area contributed by atoms with Crippen molar-refractivity contribution < 1.29 is 4.79 Å². The monoisotopic (exact) mass is 207 g/mol. The molecule has 1 saturated carbocycles. The Bertz CT molecular complexity index is 339. The van der Waals surface area contributed by atoms with Gasteiger partial charge in [0.05, 0.1) is 6.20 Å². The maximum absolute atomic E-state index is 11.7. The lowest BCUT2D eigenvalue weighted by Crippen LogP contribution is -2.15. The van der Waals surface area contributed by atoms with Crippen LogP contribution in [0.2, 0.25) is 0 Å².